The lowest BCUT2D eigenvalue weighted by atomic mass is 10.0. The number of hydrogen-bond acceptors (Lipinski definition) is 7. The lowest BCUT2D eigenvalue weighted by Crippen LogP contribution is -2.46. The van der Waals surface area contributed by atoms with Crippen molar-refractivity contribution in [2.75, 3.05) is 44.3 Å². The van der Waals surface area contributed by atoms with Crippen LogP contribution in [0.4, 0.5) is 5.82 Å². The maximum Gasteiger partial charge on any atom is 0.240 e. The maximum absolute atomic E-state index is 12.6. The van der Waals surface area contributed by atoms with Crippen LogP contribution in [0.2, 0.25) is 0 Å². The number of carbonyl (C=O) groups is 1. The average molecular weight is 333 g/mol. The quantitative estimate of drug-likeness (QED) is 0.711. The largest absolute Gasteiger partial charge is 0.392 e. The molecule has 2 saturated heterocycles. The van der Waals surface area contributed by atoms with E-state index in [-0.39, 0.29) is 11.9 Å². The molecule has 3 aliphatic rings. The summed E-state index contributed by atoms with van der Waals surface area (Å²) in [6.45, 7) is 4.81. The average Bonchev–Trinajstić information content (AvgIpc) is 3.07. The summed E-state index contributed by atoms with van der Waals surface area (Å²) in [5.74, 6) is 1.05. The smallest absolute Gasteiger partial charge is 0.240 e. The second-order valence-corrected chi connectivity index (χ2v) is 6.58. The standard InChI is InChI=1S/C16H23N5O3/c22-11-7-13(17-8-11)16(23)21-2-1-12-14(9-21)18-10-19-15(12)20-3-5-24-6-4-20/h10-11,13,17,22H,1-9H2/t11-,13+/m1/s1. The number of carbonyl (C=O) groups excluding carboxylic acids is 1. The molecule has 0 unspecified atom stereocenters. The number of amides is 1. The van der Waals surface area contributed by atoms with E-state index in [1.54, 1.807) is 6.33 Å². The third-order valence-electron chi connectivity index (χ3n) is 5.01. The molecule has 130 valence electrons. The number of morpholine rings is 1. The van der Waals surface area contributed by atoms with Gasteiger partial charge in [-0.3, -0.25) is 4.79 Å². The fraction of sp³-hybridized carbons (Fsp3) is 0.688. The van der Waals surface area contributed by atoms with Crippen LogP contribution in [-0.4, -0.2) is 77.4 Å². The molecule has 2 atom stereocenters. The van der Waals surface area contributed by atoms with Gasteiger partial charge in [-0.25, -0.2) is 9.97 Å². The third-order valence-corrected chi connectivity index (χ3v) is 5.01. The number of aliphatic hydroxyl groups excluding tert-OH is 1. The first kappa shape index (κ1) is 15.7. The van der Waals surface area contributed by atoms with Gasteiger partial charge in [-0.15, -0.1) is 0 Å². The number of nitrogens with one attached hydrogen (secondary N) is 1. The summed E-state index contributed by atoms with van der Waals surface area (Å²) in [6.07, 6.45) is 2.43. The van der Waals surface area contributed by atoms with Crippen molar-refractivity contribution < 1.29 is 14.6 Å². The van der Waals surface area contributed by atoms with Crippen LogP contribution >= 0.6 is 0 Å². The summed E-state index contributed by atoms with van der Waals surface area (Å²) < 4.78 is 5.41. The molecule has 0 radical (unpaired) electrons. The van der Waals surface area contributed by atoms with E-state index < -0.39 is 6.10 Å². The van der Waals surface area contributed by atoms with E-state index in [1.807, 2.05) is 4.90 Å². The van der Waals surface area contributed by atoms with Gasteiger partial charge in [-0.2, -0.15) is 0 Å². The maximum atomic E-state index is 12.6. The molecule has 0 spiro atoms. The lowest BCUT2D eigenvalue weighted by Gasteiger charge is -2.34. The fourth-order valence-electron chi connectivity index (χ4n) is 3.70. The van der Waals surface area contributed by atoms with Crippen molar-refractivity contribution in [2.45, 2.75) is 31.5 Å². The van der Waals surface area contributed by atoms with Gasteiger partial charge in [0.2, 0.25) is 5.91 Å². The Hall–Kier alpha value is -1.77. The van der Waals surface area contributed by atoms with Gasteiger partial charge in [0.05, 0.1) is 37.6 Å². The first-order valence-corrected chi connectivity index (χ1v) is 8.58. The molecule has 0 saturated carbocycles. The second kappa shape index (κ2) is 6.62. The predicted molar refractivity (Wildman–Crippen MR) is 86.6 cm³/mol. The molecule has 2 fully saturated rings. The minimum absolute atomic E-state index is 0.0590. The van der Waals surface area contributed by atoms with Crippen molar-refractivity contribution in [1.29, 1.82) is 0 Å². The summed E-state index contributed by atoms with van der Waals surface area (Å²) >= 11 is 0. The van der Waals surface area contributed by atoms with Crippen LogP contribution < -0.4 is 10.2 Å². The van der Waals surface area contributed by atoms with E-state index in [4.69, 9.17) is 4.74 Å². The highest BCUT2D eigenvalue weighted by Crippen LogP contribution is 2.26. The minimum Gasteiger partial charge on any atom is -0.392 e. The molecule has 1 aromatic rings. The number of anilines is 1. The van der Waals surface area contributed by atoms with Crippen molar-refractivity contribution >= 4 is 11.7 Å². The van der Waals surface area contributed by atoms with E-state index in [9.17, 15) is 9.90 Å². The highest BCUT2D eigenvalue weighted by Gasteiger charge is 2.34. The van der Waals surface area contributed by atoms with E-state index >= 15 is 0 Å². The first-order valence-electron chi connectivity index (χ1n) is 8.58. The summed E-state index contributed by atoms with van der Waals surface area (Å²) in [4.78, 5) is 25.6. The molecule has 0 bridgehead atoms. The summed E-state index contributed by atoms with van der Waals surface area (Å²) in [5.41, 5.74) is 2.09. The number of hydrogen-bond donors (Lipinski definition) is 2. The third kappa shape index (κ3) is 2.97. The van der Waals surface area contributed by atoms with Gasteiger partial charge in [0.15, 0.2) is 0 Å². The summed E-state index contributed by atoms with van der Waals surface area (Å²) in [5, 5.41) is 12.7. The first-order chi connectivity index (χ1) is 11.7. The Bertz CT molecular complexity index is 620. The normalized spacial score (nSPS) is 27.2. The highest BCUT2D eigenvalue weighted by molar-refractivity contribution is 5.82. The molecular formula is C16H23N5O3. The molecule has 4 rings (SSSR count). The van der Waals surface area contributed by atoms with Crippen molar-refractivity contribution in [3.05, 3.63) is 17.6 Å². The number of rotatable bonds is 2. The second-order valence-electron chi connectivity index (χ2n) is 6.58. The Morgan fingerprint density at radius 3 is 2.88 bits per heavy atom. The number of fused-ring (bicyclic) bond motifs is 1. The van der Waals surface area contributed by atoms with E-state index in [1.165, 1.54) is 0 Å². The zero-order valence-corrected chi connectivity index (χ0v) is 13.6. The predicted octanol–water partition coefficient (Wildman–Crippen LogP) is -1.08. The van der Waals surface area contributed by atoms with Gasteiger partial charge < -0.3 is 25.0 Å². The van der Waals surface area contributed by atoms with Crippen LogP contribution in [0.25, 0.3) is 0 Å². The number of nitrogens with zero attached hydrogens (tertiary/aromatic N) is 4. The Balaban J connectivity index is 1.50. The Morgan fingerprint density at radius 1 is 1.29 bits per heavy atom. The molecule has 3 aliphatic heterocycles. The van der Waals surface area contributed by atoms with Crippen LogP contribution in [0.15, 0.2) is 6.33 Å². The number of ether oxygens (including phenoxy) is 1. The van der Waals surface area contributed by atoms with Crippen molar-refractivity contribution in [2.24, 2.45) is 0 Å². The molecule has 24 heavy (non-hydrogen) atoms. The highest BCUT2D eigenvalue weighted by atomic mass is 16.5. The van der Waals surface area contributed by atoms with Crippen molar-refractivity contribution in [3.8, 4) is 0 Å². The number of aromatic nitrogens is 2. The molecule has 8 nitrogen and oxygen atoms in total. The van der Waals surface area contributed by atoms with Gasteiger partial charge in [0.1, 0.15) is 12.1 Å². The monoisotopic (exact) mass is 333 g/mol. The molecular weight excluding hydrogens is 310 g/mol. The molecule has 4 heterocycles. The van der Waals surface area contributed by atoms with Crippen molar-refractivity contribution in [3.63, 3.8) is 0 Å². The Kier molecular flexibility index (Phi) is 4.34. The Labute approximate surface area is 140 Å². The topological polar surface area (TPSA) is 90.8 Å². The van der Waals surface area contributed by atoms with E-state index in [0.29, 0.717) is 26.1 Å². The van der Waals surface area contributed by atoms with Crippen LogP contribution in [0, 0.1) is 0 Å². The van der Waals surface area contributed by atoms with Crippen LogP contribution in [0.1, 0.15) is 17.7 Å². The molecule has 8 heteroatoms. The van der Waals surface area contributed by atoms with Crippen LogP contribution in [0.3, 0.4) is 0 Å². The van der Waals surface area contributed by atoms with Gasteiger partial charge in [0, 0.05) is 31.7 Å². The zero-order valence-electron chi connectivity index (χ0n) is 13.6. The van der Waals surface area contributed by atoms with E-state index in [0.717, 1.165) is 49.8 Å². The Morgan fingerprint density at radius 2 is 2.12 bits per heavy atom. The lowest BCUT2D eigenvalue weighted by molar-refractivity contribution is -0.134. The number of aliphatic hydroxyl groups is 1. The SMILES string of the molecule is O=C([C@@H]1C[C@@H](O)CN1)N1CCc2c(ncnc2N2CCOCC2)C1. The van der Waals surface area contributed by atoms with Gasteiger partial charge in [-0.05, 0) is 12.8 Å². The van der Waals surface area contributed by atoms with Crippen LogP contribution in [0.5, 0.6) is 0 Å². The molecule has 1 aromatic heterocycles. The van der Waals surface area contributed by atoms with E-state index in [2.05, 4.69) is 20.2 Å². The fourth-order valence-corrected chi connectivity index (χ4v) is 3.70. The number of β-amino-alcohol motifs (C(OH)–C–C–N with tert-alkyl or cyclic N) is 1. The summed E-state index contributed by atoms with van der Waals surface area (Å²) in [7, 11) is 0. The molecule has 0 aromatic carbocycles. The molecule has 0 aliphatic carbocycles. The van der Waals surface area contributed by atoms with Gasteiger partial charge in [-0.1, -0.05) is 0 Å². The summed E-state index contributed by atoms with van der Waals surface area (Å²) in [6, 6.07) is -0.276. The zero-order chi connectivity index (χ0) is 16.5. The molecule has 2 N–H and O–H groups in total. The minimum atomic E-state index is -0.425. The van der Waals surface area contributed by atoms with Crippen molar-refractivity contribution in [1.82, 2.24) is 20.2 Å². The van der Waals surface area contributed by atoms with Crippen LogP contribution in [-0.2, 0) is 22.5 Å². The van der Waals surface area contributed by atoms with Gasteiger partial charge >= 0.3 is 0 Å². The molecule has 1 amide bonds. The van der Waals surface area contributed by atoms with Gasteiger partial charge in [0.25, 0.3) is 0 Å².